The molecular weight excluding hydrogens is 318 g/mol. The van der Waals surface area contributed by atoms with Gasteiger partial charge in [-0.05, 0) is 67.1 Å². The molecule has 0 fully saturated rings. The zero-order valence-electron chi connectivity index (χ0n) is 15.5. The molecule has 3 aromatic rings. The summed E-state index contributed by atoms with van der Waals surface area (Å²) in [6, 6.07) is 16.5. The van der Waals surface area contributed by atoms with Crippen LogP contribution in [0, 0.1) is 32.6 Å². The third-order valence-electron chi connectivity index (χ3n) is 4.49. The van der Waals surface area contributed by atoms with Gasteiger partial charge < -0.3 is 5.11 Å². The topological polar surface area (TPSA) is 33.1 Å². The van der Waals surface area contributed by atoms with Gasteiger partial charge in [-0.15, -0.1) is 0 Å². The van der Waals surface area contributed by atoms with E-state index in [2.05, 4.69) is 66.2 Å². The Kier molecular flexibility index (Phi) is 5.51. The lowest BCUT2D eigenvalue weighted by Gasteiger charge is -2.11. The fourth-order valence-corrected chi connectivity index (χ4v) is 2.87. The molecule has 0 radical (unpaired) electrons. The highest BCUT2D eigenvalue weighted by atomic mass is 16.3. The number of aliphatic hydroxyl groups is 1. The summed E-state index contributed by atoms with van der Waals surface area (Å²) in [7, 11) is 0. The van der Waals surface area contributed by atoms with Crippen molar-refractivity contribution >= 4 is 0 Å². The van der Waals surface area contributed by atoms with Gasteiger partial charge in [0.2, 0.25) is 0 Å². The number of hydrogen-bond donors (Lipinski definition) is 1. The Morgan fingerprint density at radius 1 is 0.962 bits per heavy atom. The van der Waals surface area contributed by atoms with Crippen LogP contribution in [0.25, 0.3) is 0 Å². The van der Waals surface area contributed by atoms with Gasteiger partial charge in [0.1, 0.15) is 6.10 Å². The summed E-state index contributed by atoms with van der Waals surface area (Å²) in [6.07, 6.45) is 3.42. The van der Waals surface area contributed by atoms with Crippen molar-refractivity contribution in [3.05, 3.63) is 99.9 Å². The van der Waals surface area contributed by atoms with Gasteiger partial charge in [0.05, 0.1) is 0 Å². The number of aryl methyl sites for hydroxylation is 3. The lowest BCUT2D eigenvalue weighted by molar-refractivity contribution is 0.237. The normalized spacial score (nSPS) is 11.5. The Balaban J connectivity index is 1.86. The third-order valence-corrected chi connectivity index (χ3v) is 4.49. The summed E-state index contributed by atoms with van der Waals surface area (Å²) >= 11 is 0. The molecule has 2 aromatic carbocycles. The quantitative estimate of drug-likeness (QED) is 0.702. The van der Waals surface area contributed by atoms with Crippen molar-refractivity contribution in [3.8, 4) is 11.8 Å². The Labute approximate surface area is 155 Å². The van der Waals surface area contributed by atoms with Crippen LogP contribution in [0.2, 0.25) is 0 Å². The van der Waals surface area contributed by atoms with Gasteiger partial charge in [-0.3, -0.25) is 4.98 Å². The van der Waals surface area contributed by atoms with Crippen LogP contribution in [0.15, 0.2) is 60.9 Å². The minimum atomic E-state index is -0.835. The zero-order valence-corrected chi connectivity index (χ0v) is 15.5. The first-order chi connectivity index (χ1) is 12.5. The van der Waals surface area contributed by atoms with E-state index < -0.39 is 6.10 Å². The number of rotatable bonds is 3. The Morgan fingerprint density at radius 2 is 1.69 bits per heavy atom. The highest BCUT2D eigenvalue weighted by Crippen LogP contribution is 2.20. The van der Waals surface area contributed by atoms with Crippen LogP contribution in [0.4, 0.5) is 0 Å². The largest absolute Gasteiger partial charge is 0.376 e. The fraction of sp³-hybridized carbons (Fsp3) is 0.208. The summed E-state index contributed by atoms with van der Waals surface area (Å²) in [5.41, 5.74) is 7.48. The average molecular weight is 341 g/mol. The van der Waals surface area contributed by atoms with Gasteiger partial charge in [0.25, 0.3) is 0 Å². The van der Waals surface area contributed by atoms with Gasteiger partial charge in [-0.1, -0.05) is 53.8 Å². The van der Waals surface area contributed by atoms with Crippen LogP contribution >= 0.6 is 0 Å². The first kappa shape index (κ1) is 17.9. The molecule has 1 heterocycles. The van der Waals surface area contributed by atoms with Gasteiger partial charge in [0, 0.05) is 18.0 Å². The number of hydrogen-bond acceptors (Lipinski definition) is 2. The maximum absolute atomic E-state index is 10.6. The molecule has 0 aliphatic rings. The van der Waals surface area contributed by atoms with E-state index in [0.29, 0.717) is 0 Å². The molecule has 26 heavy (non-hydrogen) atoms. The number of aromatic nitrogens is 1. The maximum Gasteiger partial charge on any atom is 0.141 e. The molecule has 0 amide bonds. The predicted molar refractivity (Wildman–Crippen MR) is 106 cm³/mol. The second-order valence-electron chi connectivity index (χ2n) is 6.73. The first-order valence-corrected chi connectivity index (χ1v) is 8.78. The minimum absolute atomic E-state index is 0.728. The average Bonchev–Trinajstić information content (AvgIpc) is 2.64. The van der Waals surface area contributed by atoms with Crippen molar-refractivity contribution in [3.63, 3.8) is 0 Å². The Hall–Kier alpha value is -2.89. The second-order valence-corrected chi connectivity index (χ2v) is 6.73. The molecule has 0 saturated heterocycles. The summed E-state index contributed by atoms with van der Waals surface area (Å²) in [5, 5.41) is 10.6. The van der Waals surface area contributed by atoms with E-state index in [0.717, 1.165) is 28.7 Å². The molecule has 130 valence electrons. The van der Waals surface area contributed by atoms with Gasteiger partial charge in [-0.25, -0.2) is 0 Å². The van der Waals surface area contributed by atoms with Crippen LogP contribution in [0.5, 0.6) is 0 Å². The van der Waals surface area contributed by atoms with E-state index in [1.54, 1.807) is 6.20 Å². The van der Waals surface area contributed by atoms with E-state index in [4.69, 9.17) is 0 Å². The van der Waals surface area contributed by atoms with Crippen molar-refractivity contribution in [1.29, 1.82) is 0 Å². The third kappa shape index (κ3) is 4.39. The van der Waals surface area contributed by atoms with Crippen LogP contribution in [-0.2, 0) is 6.42 Å². The van der Waals surface area contributed by atoms with Crippen molar-refractivity contribution in [2.75, 3.05) is 0 Å². The smallest absolute Gasteiger partial charge is 0.141 e. The summed E-state index contributed by atoms with van der Waals surface area (Å²) in [5.74, 6) is 6.13. The van der Waals surface area contributed by atoms with Crippen molar-refractivity contribution in [2.24, 2.45) is 0 Å². The molecule has 1 aromatic heterocycles. The van der Waals surface area contributed by atoms with E-state index in [1.807, 2.05) is 26.1 Å². The molecule has 2 heteroatoms. The molecule has 0 saturated carbocycles. The van der Waals surface area contributed by atoms with Crippen LogP contribution in [-0.4, -0.2) is 10.1 Å². The van der Waals surface area contributed by atoms with E-state index in [1.165, 1.54) is 16.7 Å². The van der Waals surface area contributed by atoms with E-state index >= 15 is 0 Å². The van der Waals surface area contributed by atoms with Crippen molar-refractivity contribution < 1.29 is 5.11 Å². The maximum atomic E-state index is 10.6. The second kappa shape index (κ2) is 7.99. The summed E-state index contributed by atoms with van der Waals surface area (Å²) in [6.45, 7) is 6.15. The molecule has 1 N–H and O–H groups in total. The monoisotopic (exact) mass is 341 g/mol. The van der Waals surface area contributed by atoms with Crippen molar-refractivity contribution in [1.82, 2.24) is 4.98 Å². The summed E-state index contributed by atoms with van der Waals surface area (Å²) in [4.78, 5) is 4.23. The predicted octanol–water partition coefficient (Wildman–Crippen LogP) is 4.68. The molecule has 3 rings (SSSR count). The number of nitrogens with zero attached hydrogens (tertiary/aromatic N) is 1. The number of benzene rings is 2. The molecule has 2 nitrogen and oxygen atoms in total. The zero-order chi connectivity index (χ0) is 18.5. The standard InChI is InChI=1S/C24H23NO/c1-17-5-8-20(9-6-17)15-22-16-25-13-12-23(22)24(26)11-10-21-14-18(2)4-7-19(21)3/h4-9,12-14,16,24,26H,15H2,1-3H3. The lowest BCUT2D eigenvalue weighted by Crippen LogP contribution is -2.02. The molecule has 0 spiro atoms. The molecule has 0 aliphatic carbocycles. The Morgan fingerprint density at radius 3 is 2.46 bits per heavy atom. The van der Waals surface area contributed by atoms with Crippen molar-refractivity contribution in [2.45, 2.75) is 33.3 Å². The summed E-state index contributed by atoms with van der Waals surface area (Å²) < 4.78 is 0. The first-order valence-electron chi connectivity index (χ1n) is 8.78. The fourth-order valence-electron chi connectivity index (χ4n) is 2.87. The minimum Gasteiger partial charge on any atom is -0.376 e. The Bertz CT molecular complexity index is 961. The SMILES string of the molecule is Cc1ccc(Cc2cnccc2C(O)C#Cc2cc(C)ccc2C)cc1. The van der Waals surface area contributed by atoms with E-state index in [-0.39, 0.29) is 0 Å². The highest BCUT2D eigenvalue weighted by Gasteiger charge is 2.11. The van der Waals surface area contributed by atoms with Crippen LogP contribution in [0.3, 0.4) is 0 Å². The molecule has 0 aliphatic heterocycles. The lowest BCUT2D eigenvalue weighted by atomic mass is 9.98. The number of aliphatic hydroxyl groups excluding tert-OH is 1. The van der Waals surface area contributed by atoms with E-state index in [9.17, 15) is 5.11 Å². The molecule has 0 bridgehead atoms. The van der Waals surface area contributed by atoms with Gasteiger partial charge >= 0.3 is 0 Å². The molecular formula is C24H23NO. The van der Waals surface area contributed by atoms with Crippen LogP contribution < -0.4 is 0 Å². The number of pyridine rings is 1. The van der Waals surface area contributed by atoms with Gasteiger partial charge in [-0.2, -0.15) is 0 Å². The highest BCUT2D eigenvalue weighted by molar-refractivity contribution is 5.45. The van der Waals surface area contributed by atoms with Crippen LogP contribution in [0.1, 0.15) is 45.0 Å². The van der Waals surface area contributed by atoms with Gasteiger partial charge in [0.15, 0.2) is 0 Å². The molecule has 1 atom stereocenters. The molecule has 1 unspecified atom stereocenters.